The van der Waals surface area contributed by atoms with Crippen molar-refractivity contribution in [3.63, 3.8) is 0 Å². The monoisotopic (exact) mass is 682 g/mol. The molecule has 2 aromatic rings. The minimum absolute atomic E-state index is 0.0963. The molecular formula is C35H42N2O2Se2. The van der Waals surface area contributed by atoms with Crippen molar-refractivity contribution < 1.29 is 9.59 Å². The normalized spacial score (nSPS) is 37.8. The van der Waals surface area contributed by atoms with Crippen molar-refractivity contribution in [1.29, 1.82) is 0 Å². The Kier molecular flexibility index (Phi) is 6.95. The molecule has 41 heavy (non-hydrogen) atoms. The topological polar surface area (TPSA) is 58.2 Å². The Balaban J connectivity index is 0.819. The molecule has 2 amide bonds. The molecule has 2 aromatic carbocycles. The van der Waals surface area contributed by atoms with Gasteiger partial charge in [-0.25, -0.2) is 0 Å². The van der Waals surface area contributed by atoms with E-state index < -0.39 is 0 Å². The SMILES string of the molecule is O=C(CC12CC3CC(CC(C3)C1)C2)Nc1ccc([Se][Se]c2ccc(NC(=O)C34CC5CC(CC(C5)C3)C4)cc2)cc1. The number of rotatable bonds is 8. The fourth-order valence-corrected chi connectivity index (χ4v) is 17.0. The molecule has 0 unspecified atom stereocenters. The van der Waals surface area contributed by atoms with E-state index in [4.69, 9.17) is 0 Å². The molecule has 0 heterocycles. The van der Waals surface area contributed by atoms with E-state index in [1.54, 1.807) is 0 Å². The Labute approximate surface area is 255 Å². The first-order valence-corrected chi connectivity index (χ1v) is 22.1. The molecule has 4 nitrogen and oxygen atoms in total. The molecular weight excluding hydrogens is 638 g/mol. The second-order valence-corrected chi connectivity index (χ2v) is 21.3. The van der Waals surface area contributed by atoms with Crippen LogP contribution in [0.2, 0.25) is 0 Å². The van der Waals surface area contributed by atoms with Crippen LogP contribution in [0.1, 0.15) is 83.5 Å². The maximum atomic E-state index is 13.4. The van der Waals surface area contributed by atoms with Gasteiger partial charge in [0, 0.05) is 0 Å². The van der Waals surface area contributed by atoms with Gasteiger partial charge in [-0.2, -0.15) is 0 Å². The van der Waals surface area contributed by atoms with Crippen molar-refractivity contribution in [3.8, 4) is 0 Å². The number of amides is 2. The molecule has 0 saturated heterocycles. The van der Waals surface area contributed by atoms with Gasteiger partial charge in [0.25, 0.3) is 0 Å². The Morgan fingerprint density at radius 2 is 0.976 bits per heavy atom. The van der Waals surface area contributed by atoms with E-state index in [0.29, 0.717) is 32.7 Å². The third-order valence-electron chi connectivity index (χ3n) is 11.7. The number of carbonyl (C=O) groups is 2. The van der Waals surface area contributed by atoms with Crippen molar-refractivity contribution in [2.75, 3.05) is 10.6 Å². The van der Waals surface area contributed by atoms with Crippen LogP contribution >= 0.6 is 0 Å². The molecule has 0 atom stereocenters. The van der Waals surface area contributed by atoms with Gasteiger partial charge in [-0.1, -0.05) is 0 Å². The third-order valence-corrected chi connectivity index (χ3v) is 18.9. The van der Waals surface area contributed by atoms with E-state index in [1.165, 1.54) is 66.7 Å². The van der Waals surface area contributed by atoms with Crippen molar-refractivity contribution in [2.45, 2.75) is 83.5 Å². The Morgan fingerprint density at radius 3 is 1.41 bits per heavy atom. The fourth-order valence-electron chi connectivity index (χ4n) is 11.0. The van der Waals surface area contributed by atoms with Gasteiger partial charge in [0.2, 0.25) is 0 Å². The average molecular weight is 681 g/mol. The molecule has 8 aliphatic rings. The molecule has 0 aromatic heterocycles. The van der Waals surface area contributed by atoms with Gasteiger partial charge in [-0.3, -0.25) is 0 Å². The third kappa shape index (κ3) is 5.48. The quantitative estimate of drug-likeness (QED) is 0.354. The summed E-state index contributed by atoms with van der Waals surface area (Å²) in [5.41, 5.74) is 2.08. The summed E-state index contributed by atoms with van der Waals surface area (Å²) >= 11 is 0.775. The molecule has 8 bridgehead atoms. The molecule has 6 heteroatoms. The van der Waals surface area contributed by atoms with Crippen LogP contribution in [0.15, 0.2) is 48.5 Å². The maximum absolute atomic E-state index is 13.4. The molecule has 2 N–H and O–H groups in total. The van der Waals surface area contributed by atoms with Crippen LogP contribution in [0.5, 0.6) is 0 Å². The number of anilines is 2. The second kappa shape index (κ2) is 10.5. The van der Waals surface area contributed by atoms with Gasteiger partial charge in [-0.05, 0) is 0 Å². The van der Waals surface area contributed by atoms with Crippen LogP contribution in [0, 0.1) is 46.3 Å². The summed E-state index contributed by atoms with van der Waals surface area (Å²) in [4.78, 5) is 26.4. The summed E-state index contributed by atoms with van der Waals surface area (Å²) in [5.74, 6) is 5.52. The Bertz CT molecular complexity index is 1250. The van der Waals surface area contributed by atoms with Gasteiger partial charge in [0.15, 0.2) is 0 Å². The van der Waals surface area contributed by atoms with Crippen molar-refractivity contribution in [2.24, 2.45) is 46.3 Å². The van der Waals surface area contributed by atoms with Gasteiger partial charge in [0.05, 0.1) is 0 Å². The number of hydrogen-bond acceptors (Lipinski definition) is 2. The van der Waals surface area contributed by atoms with E-state index in [-0.39, 0.29) is 22.6 Å². The molecule has 216 valence electrons. The van der Waals surface area contributed by atoms with Gasteiger partial charge in [-0.15, -0.1) is 0 Å². The van der Waals surface area contributed by atoms with Crippen LogP contribution in [-0.2, 0) is 9.59 Å². The zero-order valence-corrected chi connectivity index (χ0v) is 27.3. The van der Waals surface area contributed by atoms with Gasteiger partial charge in [0.1, 0.15) is 0 Å². The first kappa shape index (κ1) is 27.0. The molecule has 8 saturated carbocycles. The molecule has 0 aliphatic heterocycles. The van der Waals surface area contributed by atoms with Crippen LogP contribution in [0.25, 0.3) is 0 Å². The Morgan fingerprint density at radius 1 is 0.585 bits per heavy atom. The van der Waals surface area contributed by atoms with Gasteiger partial charge < -0.3 is 0 Å². The van der Waals surface area contributed by atoms with Crippen LogP contribution in [0.4, 0.5) is 11.4 Å². The molecule has 10 rings (SSSR count). The number of benzene rings is 2. The van der Waals surface area contributed by atoms with Crippen molar-refractivity contribution >= 4 is 58.4 Å². The first-order chi connectivity index (χ1) is 19.9. The second-order valence-electron chi connectivity index (χ2n) is 15.0. The minimum atomic E-state index is -0.0963. The summed E-state index contributed by atoms with van der Waals surface area (Å²) in [6, 6.07) is 17.2. The van der Waals surface area contributed by atoms with Crippen molar-refractivity contribution in [3.05, 3.63) is 48.5 Å². The molecule has 0 spiro atoms. The van der Waals surface area contributed by atoms with Gasteiger partial charge >= 0.3 is 257 Å². The fraction of sp³-hybridized carbons (Fsp3) is 0.600. The summed E-state index contributed by atoms with van der Waals surface area (Å²) < 4.78 is 2.74. The molecule has 0 radical (unpaired) electrons. The van der Waals surface area contributed by atoms with E-state index in [9.17, 15) is 9.59 Å². The zero-order valence-electron chi connectivity index (χ0n) is 23.9. The predicted octanol–water partition coefficient (Wildman–Crippen LogP) is 5.66. The molecule has 8 aliphatic carbocycles. The number of hydrogen-bond donors (Lipinski definition) is 2. The van der Waals surface area contributed by atoms with E-state index >= 15 is 0 Å². The first-order valence-electron chi connectivity index (χ1n) is 16.1. The van der Waals surface area contributed by atoms with Crippen LogP contribution < -0.4 is 19.6 Å². The number of carbonyl (C=O) groups excluding carboxylic acids is 2. The summed E-state index contributed by atoms with van der Waals surface area (Å²) in [7, 11) is 0. The van der Waals surface area contributed by atoms with Crippen LogP contribution in [0.3, 0.4) is 0 Å². The van der Waals surface area contributed by atoms with Crippen molar-refractivity contribution in [1.82, 2.24) is 0 Å². The number of nitrogens with one attached hydrogen (secondary N) is 2. The van der Waals surface area contributed by atoms with Crippen LogP contribution in [-0.4, -0.2) is 38.1 Å². The summed E-state index contributed by atoms with van der Waals surface area (Å²) in [6.45, 7) is 0. The summed E-state index contributed by atoms with van der Waals surface area (Å²) in [5, 5.41) is 6.52. The van der Waals surface area contributed by atoms with E-state index in [2.05, 4.69) is 59.2 Å². The predicted molar refractivity (Wildman–Crippen MR) is 167 cm³/mol. The van der Waals surface area contributed by atoms with E-state index in [0.717, 1.165) is 66.1 Å². The zero-order chi connectivity index (χ0) is 27.6. The standard InChI is InChI=1S/C35H42N2O2Se2/c38-32(21-34-15-22-9-23(16-34)11-24(10-22)17-34)36-28-1-5-30(6-2-28)40-41-31-7-3-29(4-8-31)37-33(39)35-18-25-12-26(19-35)14-27(13-25)20-35/h1-8,22-27H,9-21H2,(H,36,38)(H,37,39). The van der Waals surface area contributed by atoms with E-state index in [1.807, 2.05) is 0 Å². The molecule has 8 fully saturated rings. The average Bonchev–Trinajstić information content (AvgIpc) is 2.91. The summed E-state index contributed by atoms with van der Waals surface area (Å²) in [6.07, 6.45) is 16.3. The Hall–Kier alpha value is -1.58.